The number of carboxylic acids is 1. The third kappa shape index (κ3) is 4.96. The van der Waals surface area contributed by atoms with Crippen LogP contribution in [0.5, 0.6) is 0 Å². The summed E-state index contributed by atoms with van der Waals surface area (Å²) < 4.78 is 15.6. The van der Waals surface area contributed by atoms with Crippen LogP contribution in [-0.4, -0.2) is 38.1 Å². The van der Waals surface area contributed by atoms with Gasteiger partial charge in [-0.05, 0) is 36.3 Å². The van der Waals surface area contributed by atoms with Crippen LogP contribution in [0.2, 0.25) is 0 Å². The smallest absolute Gasteiger partial charge is 0.305 e. The maximum Gasteiger partial charge on any atom is 0.305 e. The molecule has 1 aromatic heterocycles. The standard InChI is InChI=1S/C24H26FNO4/c1-2-13-26-21-6-4-3-5-20(21)24(16-7-9-17(25)10-8-16)22(26)12-11-18(27)14-19(28)15-23(29)30/h3-12,18-19,27-28H,2,13-15H2,1H3,(H,29,30)/b12-11+/t18-,19-/m0/s1. The largest absolute Gasteiger partial charge is 0.481 e. The van der Waals surface area contributed by atoms with Gasteiger partial charge in [-0.15, -0.1) is 0 Å². The Kier molecular flexibility index (Phi) is 7.03. The summed E-state index contributed by atoms with van der Waals surface area (Å²) in [5.74, 6) is -1.42. The molecule has 0 bridgehead atoms. The topological polar surface area (TPSA) is 82.7 Å². The Morgan fingerprint density at radius 1 is 1.13 bits per heavy atom. The summed E-state index contributed by atoms with van der Waals surface area (Å²) in [6.45, 7) is 2.84. The number of fused-ring (bicyclic) bond motifs is 1. The van der Waals surface area contributed by atoms with Gasteiger partial charge >= 0.3 is 5.97 Å². The molecule has 0 saturated carbocycles. The van der Waals surface area contributed by atoms with Gasteiger partial charge in [0.05, 0.1) is 18.6 Å². The molecule has 6 heteroatoms. The summed E-state index contributed by atoms with van der Waals surface area (Å²) in [5.41, 5.74) is 3.71. The van der Waals surface area contributed by atoms with Crippen molar-refractivity contribution in [1.82, 2.24) is 4.57 Å². The van der Waals surface area contributed by atoms with E-state index in [-0.39, 0.29) is 12.2 Å². The van der Waals surface area contributed by atoms with Crippen LogP contribution in [0.3, 0.4) is 0 Å². The number of benzene rings is 2. The minimum absolute atomic E-state index is 0.0668. The van der Waals surface area contributed by atoms with Crippen molar-refractivity contribution in [3.8, 4) is 11.1 Å². The van der Waals surface area contributed by atoms with E-state index in [1.807, 2.05) is 24.3 Å². The van der Waals surface area contributed by atoms with Crippen LogP contribution in [0, 0.1) is 5.82 Å². The molecule has 2 aromatic carbocycles. The van der Waals surface area contributed by atoms with Crippen LogP contribution in [0.4, 0.5) is 4.39 Å². The van der Waals surface area contributed by atoms with Crippen LogP contribution < -0.4 is 0 Å². The fraction of sp³-hybridized carbons (Fsp3) is 0.292. The molecule has 2 atom stereocenters. The lowest BCUT2D eigenvalue weighted by molar-refractivity contribution is -0.139. The molecule has 0 aliphatic heterocycles. The maximum atomic E-state index is 13.5. The fourth-order valence-corrected chi connectivity index (χ4v) is 3.73. The zero-order chi connectivity index (χ0) is 21.7. The molecule has 0 fully saturated rings. The van der Waals surface area contributed by atoms with Gasteiger partial charge in [-0.3, -0.25) is 4.79 Å². The van der Waals surface area contributed by atoms with Gasteiger partial charge in [-0.2, -0.15) is 0 Å². The van der Waals surface area contributed by atoms with Crippen molar-refractivity contribution in [2.75, 3.05) is 0 Å². The Bertz CT molecular complexity index is 1040. The number of aliphatic hydroxyl groups excluding tert-OH is 2. The van der Waals surface area contributed by atoms with Crippen molar-refractivity contribution in [3.63, 3.8) is 0 Å². The zero-order valence-corrected chi connectivity index (χ0v) is 16.8. The molecule has 0 radical (unpaired) electrons. The number of carbonyl (C=O) groups is 1. The van der Waals surface area contributed by atoms with Crippen molar-refractivity contribution in [2.24, 2.45) is 0 Å². The van der Waals surface area contributed by atoms with Gasteiger partial charge < -0.3 is 19.9 Å². The second kappa shape index (κ2) is 9.69. The predicted octanol–water partition coefficient (Wildman–Crippen LogP) is 4.46. The maximum absolute atomic E-state index is 13.5. The lowest BCUT2D eigenvalue weighted by atomic mass is 10.0. The first-order chi connectivity index (χ1) is 14.4. The molecular formula is C24H26FNO4. The summed E-state index contributed by atoms with van der Waals surface area (Å²) in [6.07, 6.45) is 1.67. The third-order valence-electron chi connectivity index (χ3n) is 4.99. The highest BCUT2D eigenvalue weighted by molar-refractivity contribution is 6.00. The first-order valence-electron chi connectivity index (χ1n) is 10.0. The SMILES string of the molecule is CCCn1c(/C=C/[C@H](O)C[C@H](O)CC(=O)O)c(-c2ccc(F)cc2)c2ccccc21. The zero-order valence-electron chi connectivity index (χ0n) is 16.8. The van der Waals surface area contributed by atoms with Crippen LogP contribution >= 0.6 is 0 Å². The molecule has 0 aliphatic rings. The summed E-state index contributed by atoms with van der Waals surface area (Å²) in [5, 5.41) is 29.9. The highest BCUT2D eigenvalue weighted by atomic mass is 19.1. The molecule has 5 nitrogen and oxygen atoms in total. The van der Waals surface area contributed by atoms with E-state index in [9.17, 15) is 19.4 Å². The number of hydrogen-bond donors (Lipinski definition) is 3. The van der Waals surface area contributed by atoms with Gasteiger partial charge in [0.1, 0.15) is 5.82 Å². The second-order valence-electron chi connectivity index (χ2n) is 7.35. The van der Waals surface area contributed by atoms with Gasteiger partial charge in [-0.1, -0.05) is 43.3 Å². The summed E-state index contributed by atoms with van der Waals surface area (Å²) in [6, 6.07) is 14.3. The number of aliphatic carboxylic acids is 1. The van der Waals surface area contributed by atoms with Crippen molar-refractivity contribution >= 4 is 22.9 Å². The average molecular weight is 411 g/mol. The average Bonchev–Trinajstić information content (AvgIpc) is 3.00. The molecule has 0 amide bonds. The van der Waals surface area contributed by atoms with Crippen LogP contribution in [0.25, 0.3) is 28.1 Å². The minimum atomic E-state index is -1.12. The lowest BCUT2D eigenvalue weighted by Crippen LogP contribution is -2.19. The molecule has 0 saturated heterocycles. The number of nitrogens with zero attached hydrogens (tertiary/aromatic N) is 1. The van der Waals surface area contributed by atoms with Crippen molar-refractivity contribution in [3.05, 3.63) is 66.1 Å². The van der Waals surface area contributed by atoms with E-state index in [2.05, 4.69) is 11.5 Å². The predicted molar refractivity (Wildman–Crippen MR) is 116 cm³/mol. The van der Waals surface area contributed by atoms with Crippen molar-refractivity contribution in [2.45, 2.75) is 44.9 Å². The molecule has 3 aromatic rings. The number of carboxylic acid groups (broad SMARTS) is 1. The van der Waals surface area contributed by atoms with E-state index in [4.69, 9.17) is 5.11 Å². The number of aryl methyl sites for hydroxylation is 1. The highest BCUT2D eigenvalue weighted by Gasteiger charge is 2.18. The summed E-state index contributed by atoms with van der Waals surface area (Å²) in [4.78, 5) is 10.7. The summed E-state index contributed by atoms with van der Waals surface area (Å²) in [7, 11) is 0. The quantitative estimate of drug-likeness (QED) is 0.486. The molecule has 3 rings (SSSR count). The van der Waals surface area contributed by atoms with Gasteiger partial charge in [0.15, 0.2) is 0 Å². The number of hydrogen-bond acceptors (Lipinski definition) is 3. The number of aliphatic hydroxyl groups is 2. The minimum Gasteiger partial charge on any atom is -0.481 e. The van der Waals surface area contributed by atoms with E-state index < -0.39 is 24.6 Å². The molecule has 30 heavy (non-hydrogen) atoms. The van der Waals surface area contributed by atoms with E-state index in [1.165, 1.54) is 12.1 Å². The number of aromatic nitrogens is 1. The number of rotatable bonds is 9. The van der Waals surface area contributed by atoms with Crippen LogP contribution in [0.15, 0.2) is 54.6 Å². The first kappa shape index (κ1) is 21.7. The van der Waals surface area contributed by atoms with Gasteiger partial charge in [0.2, 0.25) is 0 Å². The summed E-state index contributed by atoms with van der Waals surface area (Å²) >= 11 is 0. The Labute approximate surface area is 174 Å². The molecule has 0 unspecified atom stereocenters. The molecule has 1 heterocycles. The number of para-hydroxylation sites is 1. The fourth-order valence-electron chi connectivity index (χ4n) is 3.73. The van der Waals surface area contributed by atoms with Gasteiger partial charge in [0, 0.05) is 35.1 Å². The van der Waals surface area contributed by atoms with E-state index in [0.717, 1.165) is 40.7 Å². The molecule has 158 valence electrons. The Morgan fingerprint density at radius 3 is 2.50 bits per heavy atom. The first-order valence-corrected chi connectivity index (χ1v) is 10.0. The monoisotopic (exact) mass is 411 g/mol. The van der Waals surface area contributed by atoms with Crippen molar-refractivity contribution in [1.29, 1.82) is 0 Å². The Hall–Kier alpha value is -2.96. The van der Waals surface area contributed by atoms with E-state index >= 15 is 0 Å². The van der Waals surface area contributed by atoms with Crippen LogP contribution in [0.1, 0.15) is 31.9 Å². The molecule has 0 spiro atoms. The third-order valence-corrected chi connectivity index (χ3v) is 4.99. The Morgan fingerprint density at radius 2 is 1.83 bits per heavy atom. The Balaban J connectivity index is 2.05. The number of halogens is 1. The molecule has 3 N–H and O–H groups in total. The second-order valence-corrected chi connectivity index (χ2v) is 7.35. The normalized spacial score (nSPS) is 13.7. The molecular weight excluding hydrogens is 385 g/mol. The van der Waals surface area contributed by atoms with Crippen LogP contribution in [-0.2, 0) is 11.3 Å². The van der Waals surface area contributed by atoms with E-state index in [1.54, 1.807) is 24.3 Å². The van der Waals surface area contributed by atoms with E-state index in [0.29, 0.717) is 0 Å². The van der Waals surface area contributed by atoms with Gasteiger partial charge in [-0.25, -0.2) is 4.39 Å². The van der Waals surface area contributed by atoms with Gasteiger partial charge in [0.25, 0.3) is 0 Å². The highest BCUT2D eigenvalue weighted by Crippen LogP contribution is 2.36. The van der Waals surface area contributed by atoms with Crippen molar-refractivity contribution < 1.29 is 24.5 Å². The molecule has 0 aliphatic carbocycles. The lowest BCUT2D eigenvalue weighted by Gasteiger charge is -2.12.